The van der Waals surface area contributed by atoms with Gasteiger partial charge in [-0.2, -0.15) is 0 Å². The Labute approximate surface area is 147 Å². The number of likely N-dealkylation sites (N-methyl/N-ethyl adjacent to an activating group) is 1. The number of hydrogen-bond donors (Lipinski definition) is 1. The van der Waals surface area contributed by atoms with Crippen LogP contribution in [0.1, 0.15) is 35.9 Å². The van der Waals surface area contributed by atoms with E-state index in [0.29, 0.717) is 25.4 Å². The number of likely N-dealkylation sites (tertiary alicyclic amines) is 1. The first-order valence-corrected chi connectivity index (χ1v) is 8.74. The summed E-state index contributed by atoms with van der Waals surface area (Å²) in [5.74, 6) is -0.468. The highest BCUT2D eigenvalue weighted by molar-refractivity contribution is 5.98. The second-order valence-corrected chi connectivity index (χ2v) is 6.53. The second kappa shape index (κ2) is 7.27. The van der Waals surface area contributed by atoms with Gasteiger partial charge in [0, 0.05) is 30.1 Å². The number of benzene rings is 1. The lowest BCUT2D eigenvalue weighted by Gasteiger charge is -2.37. The molecule has 1 aliphatic rings. The van der Waals surface area contributed by atoms with Crippen molar-refractivity contribution in [2.24, 2.45) is 0 Å². The molecule has 6 nitrogen and oxygen atoms in total. The van der Waals surface area contributed by atoms with Crippen LogP contribution in [-0.4, -0.2) is 59.0 Å². The van der Waals surface area contributed by atoms with Crippen LogP contribution in [0.4, 0.5) is 0 Å². The summed E-state index contributed by atoms with van der Waals surface area (Å²) in [6.07, 6.45) is 1.57. The fourth-order valence-corrected chi connectivity index (χ4v) is 3.63. The minimum Gasteiger partial charge on any atom is -0.480 e. The maximum absolute atomic E-state index is 12.8. The van der Waals surface area contributed by atoms with Gasteiger partial charge in [0.1, 0.15) is 5.58 Å². The van der Waals surface area contributed by atoms with Gasteiger partial charge in [0.2, 0.25) is 0 Å². The number of carbonyl (C=O) groups excluding carboxylic acids is 1. The molecule has 1 saturated heterocycles. The van der Waals surface area contributed by atoms with Crippen molar-refractivity contribution >= 4 is 22.8 Å². The summed E-state index contributed by atoms with van der Waals surface area (Å²) in [5, 5.41) is 9.99. The lowest BCUT2D eigenvalue weighted by molar-refractivity contribution is -0.139. The zero-order chi connectivity index (χ0) is 18.0. The fraction of sp³-hybridized carbons (Fsp3) is 0.474. The third-order valence-electron chi connectivity index (χ3n) is 5.05. The quantitative estimate of drug-likeness (QED) is 0.903. The fourth-order valence-electron chi connectivity index (χ4n) is 3.63. The van der Waals surface area contributed by atoms with E-state index < -0.39 is 5.97 Å². The molecule has 0 spiro atoms. The molecular formula is C19H24N2O4. The van der Waals surface area contributed by atoms with Gasteiger partial charge in [0.25, 0.3) is 5.91 Å². The van der Waals surface area contributed by atoms with Gasteiger partial charge >= 0.3 is 5.97 Å². The van der Waals surface area contributed by atoms with Crippen molar-refractivity contribution in [1.29, 1.82) is 0 Å². The Bertz CT molecular complexity index is 775. The average Bonchev–Trinajstić information content (AvgIpc) is 2.96. The lowest BCUT2D eigenvalue weighted by atomic mass is 10.0. The molecule has 1 fully saturated rings. The maximum atomic E-state index is 12.8. The molecule has 3 rings (SSSR count). The summed E-state index contributed by atoms with van der Waals surface area (Å²) in [6, 6.07) is 7.87. The Morgan fingerprint density at radius 2 is 1.96 bits per heavy atom. The second-order valence-electron chi connectivity index (χ2n) is 6.53. The van der Waals surface area contributed by atoms with E-state index in [1.54, 1.807) is 0 Å². The van der Waals surface area contributed by atoms with Crippen LogP contribution in [0.3, 0.4) is 0 Å². The van der Waals surface area contributed by atoms with Crippen LogP contribution in [0, 0.1) is 6.92 Å². The number of carboxylic acids is 1. The number of nitrogens with zero attached hydrogens (tertiary/aromatic N) is 2. The summed E-state index contributed by atoms with van der Waals surface area (Å²) in [6.45, 7) is 5.88. The molecule has 1 N–H and O–H groups in total. The van der Waals surface area contributed by atoms with Crippen molar-refractivity contribution in [3.63, 3.8) is 0 Å². The SMILES string of the molecule is CCN(CC(=O)O)C1CCN(C(=O)c2oc3ccccc3c2C)CC1. The first-order valence-electron chi connectivity index (χ1n) is 8.74. The van der Waals surface area contributed by atoms with Crippen LogP contribution in [0.25, 0.3) is 11.0 Å². The topological polar surface area (TPSA) is 74.0 Å². The molecule has 0 atom stereocenters. The van der Waals surface area contributed by atoms with Gasteiger partial charge in [-0.3, -0.25) is 14.5 Å². The van der Waals surface area contributed by atoms with E-state index in [4.69, 9.17) is 9.52 Å². The predicted octanol–water partition coefficient (Wildman–Crippen LogP) is 2.75. The highest BCUT2D eigenvalue weighted by Crippen LogP contribution is 2.27. The molecular weight excluding hydrogens is 320 g/mol. The molecule has 2 aromatic rings. The first kappa shape index (κ1) is 17.5. The van der Waals surface area contributed by atoms with Crippen molar-refractivity contribution in [3.8, 4) is 0 Å². The van der Waals surface area contributed by atoms with Gasteiger partial charge in [0.15, 0.2) is 5.76 Å². The van der Waals surface area contributed by atoms with E-state index in [0.717, 1.165) is 29.4 Å². The van der Waals surface area contributed by atoms with E-state index in [1.807, 2.05) is 47.9 Å². The molecule has 0 radical (unpaired) electrons. The molecule has 1 aliphatic heterocycles. The number of fused-ring (bicyclic) bond motifs is 1. The number of piperidine rings is 1. The summed E-state index contributed by atoms with van der Waals surface area (Å²) < 4.78 is 5.78. The van der Waals surface area contributed by atoms with E-state index in [-0.39, 0.29) is 18.5 Å². The number of aliphatic carboxylic acids is 1. The zero-order valence-electron chi connectivity index (χ0n) is 14.7. The molecule has 0 unspecified atom stereocenters. The molecule has 1 aromatic heterocycles. The van der Waals surface area contributed by atoms with Crippen LogP contribution < -0.4 is 0 Å². The predicted molar refractivity (Wildman–Crippen MR) is 94.8 cm³/mol. The molecule has 0 aliphatic carbocycles. The van der Waals surface area contributed by atoms with Gasteiger partial charge in [-0.25, -0.2) is 0 Å². The number of aryl methyl sites for hydroxylation is 1. The Kier molecular flexibility index (Phi) is 5.08. The van der Waals surface area contributed by atoms with E-state index in [1.165, 1.54) is 0 Å². The summed E-state index contributed by atoms with van der Waals surface area (Å²) >= 11 is 0. The third-order valence-corrected chi connectivity index (χ3v) is 5.05. The summed E-state index contributed by atoms with van der Waals surface area (Å²) in [5.41, 5.74) is 1.61. The largest absolute Gasteiger partial charge is 0.480 e. The van der Waals surface area contributed by atoms with Gasteiger partial charge < -0.3 is 14.4 Å². The lowest BCUT2D eigenvalue weighted by Crippen LogP contribution is -2.48. The van der Waals surface area contributed by atoms with E-state index in [2.05, 4.69) is 0 Å². The Hall–Kier alpha value is -2.34. The molecule has 1 amide bonds. The van der Waals surface area contributed by atoms with Crippen LogP contribution in [-0.2, 0) is 4.79 Å². The van der Waals surface area contributed by atoms with Crippen molar-refractivity contribution in [2.75, 3.05) is 26.2 Å². The summed E-state index contributed by atoms with van der Waals surface area (Å²) in [7, 11) is 0. The van der Waals surface area contributed by atoms with Crippen LogP contribution in [0.15, 0.2) is 28.7 Å². The number of amides is 1. The zero-order valence-corrected chi connectivity index (χ0v) is 14.7. The first-order chi connectivity index (χ1) is 12.0. The molecule has 0 saturated carbocycles. The molecule has 0 bridgehead atoms. The van der Waals surface area contributed by atoms with Crippen LogP contribution >= 0.6 is 0 Å². The number of para-hydroxylation sites is 1. The maximum Gasteiger partial charge on any atom is 0.317 e. The minimum atomic E-state index is -0.807. The van der Waals surface area contributed by atoms with Crippen molar-refractivity contribution in [1.82, 2.24) is 9.80 Å². The molecule has 6 heteroatoms. The monoisotopic (exact) mass is 344 g/mol. The van der Waals surface area contributed by atoms with Gasteiger partial charge in [-0.1, -0.05) is 25.1 Å². The van der Waals surface area contributed by atoms with Crippen LogP contribution in [0.2, 0.25) is 0 Å². The van der Waals surface area contributed by atoms with Gasteiger partial charge in [-0.05, 0) is 32.4 Å². The van der Waals surface area contributed by atoms with Crippen molar-refractivity contribution < 1.29 is 19.1 Å². The smallest absolute Gasteiger partial charge is 0.317 e. The Morgan fingerprint density at radius 1 is 1.28 bits per heavy atom. The van der Waals surface area contributed by atoms with E-state index >= 15 is 0 Å². The number of carbonyl (C=O) groups is 2. The average molecular weight is 344 g/mol. The van der Waals surface area contributed by atoms with Crippen molar-refractivity contribution in [3.05, 3.63) is 35.6 Å². The molecule has 1 aromatic carbocycles. The van der Waals surface area contributed by atoms with Gasteiger partial charge in [0.05, 0.1) is 6.54 Å². The number of carboxylic acid groups (broad SMARTS) is 1. The number of furan rings is 1. The third kappa shape index (κ3) is 3.54. The molecule has 2 heterocycles. The summed E-state index contributed by atoms with van der Waals surface area (Å²) in [4.78, 5) is 27.6. The Balaban J connectivity index is 1.68. The molecule has 134 valence electrons. The Morgan fingerprint density at radius 3 is 2.56 bits per heavy atom. The van der Waals surface area contributed by atoms with Crippen molar-refractivity contribution in [2.45, 2.75) is 32.7 Å². The standard InChI is InChI=1S/C19H24N2O4/c1-3-20(12-17(22)23)14-8-10-21(11-9-14)19(24)18-13(2)15-6-4-5-7-16(15)25-18/h4-7,14H,3,8-12H2,1-2H3,(H,22,23). The highest BCUT2D eigenvalue weighted by Gasteiger charge is 2.30. The number of rotatable bonds is 5. The minimum absolute atomic E-state index is 0.0534. The normalized spacial score (nSPS) is 15.9. The molecule has 25 heavy (non-hydrogen) atoms. The highest BCUT2D eigenvalue weighted by atomic mass is 16.4. The van der Waals surface area contributed by atoms with Crippen LogP contribution in [0.5, 0.6) is 0 Å². The number of hydrogen-bond acceptors (Lipinski definition) is 4. The van der Waals surface area contributed by atoms with Gasteiger partial charge in [-0.15, -0.1) is 0 Å². The van der Waals surface area contributed by atoms with E-state index in [9.17, 15) is 9.59 Å².